The van der Waals surface area contributed by atoms with Crippen LogP contribution in [0.4, 0.5) is 14.5 Å². The maximum absolute atomic E-state index is 13.8. The summed E-state index contributed by atoms with van der Waals surface area (Å²) in [5.41, 5.74) is 3.47. The van der Waals surface area contributed by atoms with Crippen molar-refractivity contribution in [3.05, 3.63) is 83.4 Å². The van der Waals surface area contributed by atoms with Crippen LogP contribution in [0.15, 0.2) is 70.0 Å². The number of benzene rings is 3. The highest BCUT2D eigenvalue weighted by molar-refractivity contribution is 7.99. The Labute approximate surface area is 233 Å². The van der Waals surface area contributed by atoms with Gasteiger partial charge in [-0.2, -0.15) is 0 Å². The van der Waals surface area contributed by atoms with Crippen LogP contribution >= 0.6 is 11.9 Å². The molecule has 1 fully saturated rings. The zero-order chi connectivity index (χ0) is 27.7. The Morgan fingerprint density at radius 1 is 1.15 bits per heavy atom. The third kappa shape index (κ3) is 5.51. The number of amides is 1. The van der Waals surface area contributed by atoms with Gasteiger partial charge in [0, 0.05) is 55.9 Å². The average molecular weight is 570 g/mol. The van der Waals surface area contributed by atoms with E-state index in [9.17, 15) is 18.1 Å². The van der Waals surface area contributed by atoms with Crippen molar-refractivity contribution in [3.63, 3.8) is 0 Å². The molecule has 1 aliphatic rings. The molecule has 10 heteroatoms. The molecule has 4 aromatic rings. The maximum atomic E-state index is 13.8. The van der Waals surface area contributed by atoms with Crippen LogP contribution in [0.25, 0.3) is 22.3 Å². The molecule has 2 heterocycles. The normalized spacial score (nSPS) is 16.8. The van der Waals surface area contributed by atoms with Crippen molar-refractivity contribution in [1.82, 2.24) is 9.62 Å². The molecule has 1 aromatic heterocycles. The zero-order valence-corrected chi connectivity index (χ0v) is 23.5. The number of nitrogens with one attached hydrogen (secondary N) is 1. The predicted molar refractivity (Wildman–Crippen MR) is 153 cm³/mol. The van der Waals surface area contributed by atoms with Gasteiger partial charge in [0.05, 0.1) is 29.2 Å². The van der Waals surface area contributed by atoms with E-state index in [2.05, 4.69) is 5.32 Å². The van der Waals surface area contributed by atoms with Crippen molar-refractivity contribution in [3.8, 4) is 11.3 Å². The molecule has 1 aliphatic heterocycles. The molecule has 6 nitrogen and oxygen atoms in total. The summed E-state index contributed by atoms with van der Waals surface area (Å²) in [5.74, 6) is -0.700. The Morgan fingerprint density at radius 2 is 1.92 bits per heavy atom. The molecular formula is C29H29F2N3O3S2. The van der Waals surface area contributed by atoms with Crippen LogP contribution in [0.3, 0.4) is 0 Å². The topological polar surface area (TPSA) is 71.8 Å². The van der Waals surface area contributed by atoms with Gasteiger partial charge in [0.15, 0.2) is 4.90 Å². The second-order valence-electron chi connectivity index (χ2n) is 9.41. The molecule has 0 spiro atoms. The summed E-state index contributed by atoms with van der Waals surface area (Å²) in [6.07, 6.45) is 3.67. The number of carbonyl (C=O) groups excluding carboxylic acids is 1. The van der Waals surface area contributed by atoms with E-state index in [4.69, 9.17) is 4.42 Å². The van der Waals surface area contributed by atoms with Crippen LogP contribution in [0.1, 0.15) is 34.7 Å². The lowest BCUT2D eigenvalue weighted by Gasteiger charge is -2.34. The number of carbonyl (C=O) groups is 1. The first kappa shape index (κ1) is 27.5. The lowest BCUT2D eigenvalue weighted by atomic mass is 9.89. The molecule has 2 atom stereocenters. The Kier molecular flexibility index (Phi) is 8.18. The minimum Gasteiger partial charge on any atom is -0.593 e. The third-order valence-electron chi connectivity index (χ3n) is 7.07. The zero-order valence-electron chi connectivity index (χ0n) is 21.9. The highest BCUT2D eigenvalue weighted by atomic mass is 32.2. The SMILES string of the molecule is CNC(=O)c1c(-c2ccc(F)cc2)oc2cc(N(C)SC)c([C@@H]3CCCN([S+]([O-])c4cccc(F)c4)C3)cc12. The summed E-state index contributed by atoms with van der Waals surface area (Å²) >= 11 is 0.0499. The summed E-state index contributed by atoms with van der Waals surface area (Å²) < 4.78 is 51.0. The minimum atomic E-state index is -1.50. The molecular weight excluding hydrogens is 540 g/mol. The van der Waals surface area contributed by atoms with Gasteiger partial charge < -0.3 is 18.6 Å². The minimum absolute atomic E-state index is 0.0203. The van der Waals surface area contributed by atoms with Crippen LogP contribution in [-0.4, -0.2) is 48.2 Å². The number of nitrogens with zero attached hydrogens (tertiary/aromatic N) is 2. The molecule has 39 heavy (non-hydrogen) atoms. The van der Waals surface area contributed by atoms with E-state index >= 15 is 0 Å². The first-order valence-corrected chi connectivity index (χ1v) is 14.9. The maximum Gasteiger partial charge on any atom is 0.255 e. The highest BCUT2D eigenvalue weighted by Crippen LogP contribution is 2.42. The first-order chi connectivity index (χ1) is 18.8. The lowest BCUT2D eigenvalue weighted by molar-refractivity contribution is 0.0964. The number of anilines is 1. The van der Waals surface area contributed by atoms with E-state index in [1.807, 2.05) is 34.0 Å². The van der Waals surface area contributed by atoms with Gasteiger partial charge in [-0.25, -0.2) is 8.78 Å². The smallest absolute Gasteiger partial charge is 0.255 e. The Morgan fingerprint density at radius 3 is 2.62 bits per heavy atom. The molecule has 5 rings (SSSR count). The van der Waals surface area contributed by atoms with Crippen LogP contribution in [-0.2, 0) is 11.4 Å². The quantitative estimate of drug-likeness (QED) is 0.207. The average Bonchev–Trinajstić information content (AvgIpc) is 3.34. The molecule has 1 amide bonds. The fourth-order valence-electron chi connectivity index (χ4n) is 5.07. The van der Waals surface area contributed by atoms with E-state index in [0.29, 0.717) is 45.8 Å². The predicted octanol–water partition coefficient (Wildman–Crippen LogP) is 6.35. The summed E-state index contributed by atoms with van der Waals surface area (Å²) in [7, 11) is 3.53. The van der Waals surface area contributed by atoms with Crippen LogP contribution in [0.2, 0.25) is 0 Å². The number of furan rings is 1. The molecule has 1 N–H and O–H groups in total. The molecule has 0 radical (unpaired) electrons. The summed E-state index contributed by atoms with van der Waals surface area (Å²) in [5, 5.41) is 3.36. The number of fused-ring (bicyclic) bond motifs is 1. The molecule has 1 saturated heterocycles. The molecule has 1 unspecified atom stereocenters. The second-order valence-corrected chi connectivity index (χ2v) is 11.8. The largest absolute Gasteiger partial charge is 0.593 e. The number of halogens is 2. The Bertz CT molecular complexity index is 1500. The molecule has 0 aliphatic carbocycles. The summed E-state index contributed by atoms with van der Waals surface area (Å²) in [6.45, 7) is 1.15. The van der Waals surface area contributed by atoms with Crippen LogP contribution in [0.5, 0.6) is 0 Å². The van der Waals surface area contributed by atoms with Crippen molar-refractivity contribution in [2.24, 2.45) is 0 Å². The van der Waals surface area contributed by atoms with Crippen molar-refractivity contribution in [2.75, 3.05) is 37.7 Å². The number of hydrogen-bond acceptors (Lipinski definition) is 6. The van der Waals surface area contributed by atoms with Crippen molar-refractivity contribution in [2.45, 2.75) is 23.7 Å². The van der Waals surface area contributed by atoms with Crippen molar-refractivity contribution >= 4 is 45.9 Å². The number of hydrogen-bond donors (Lipinski definition) is 1. The summed E-state index contributed by atoms with van der Waals surface area (Å²) in [6, 6.07) is 15.7. The molecule has 204 valence electrons. The van der Waals surface area contributed by atoms with E-state index in [1.54, 1.807) is 43.3 Å². The standard InChI is InChI=1S/C29H29F2N3O3S2/c1-32-29(35)27-24-15-23(19-6-5-13-34(17-19)39(36)22-8-4-7-21(31)14-22)25(33(2)38-3)16-26(24)37-28(27)18-9-11-20(30)12-10-18/h4,7-12,14-16,19H,5-6,13,17H2,1-3H3,(H,32,35)/t19-,39?/m1/s1. The van der Waals surface area contributed by atoms with E-state index in [1.165, 1.54) is 24.3 Å². The van der Waals surface area contributed by atoms with Crippen LogP contribution < -0.4 is 9.62 Å². The van der Waals surface area contributed by atoms with Gasteiger partial charge in [0.1, 0.15) is 23.0 Å². The van der Waals surface area contributed by atoms with Crippen LogP contribution in [0, 0.1) is 11.6 Å². The lowest BCUT2D eigenvalue weighted by Crippen LogP contribution is -2.39. The molecule has 3 aromatic carbocycles. The van der Waals surface area contributed by atoms with Gasteiger partial charge in [0.2, 0.25) is 0 Å². The Hall–Kier alpha value is -3.05. The fourth-order valence-corrected chi connectivity index (χ4v) is 6.75. The van der Waals surface area contributed by atoms with Gasteiger partial charge in [0.25, 0.3) is 5.91 Å². The molecule has 0 bridgehead atoms. The monoisotopic (exact) mass is 569 g/mol. The van der Waals surface area contributed by atoms with Gasteiger partial charge >= 0.3 is 0 Å². The summed E-state index contributed by atoms with van der Waals surface area (Å²) in [4.78, 5) is 13.5. The Balaban J connectivity index is 1.60. The molecule has 0 saturated carbocycles. The van der Waals surface area contributed by atoms with Crippen molar-refractivity contribution < 1.29 is 22.5 Å². The van der Waals surface area contributed by atoms with E-state index in [0.717, 1.165) is 24.1 Å². The number of piperidine rings is 1. The van der Waals surface area contributed by atoms with Gasteiger partial charge in [-0.15, -0.1) is 4.31 Å². The third-order valence-corrected chi connectivity index (χ3v) is 9.27. The van der Waals surface area contributed by atoms with E-state index < -0.39 is 17.2 Å². The number of rotatable bonds is 7. The first-order valence-electron chi connectivity index (χ1n) is 12.6. The van der Waals surface area contributed by atoms with E-state index in [-0.39, 0.29) is 17.6 Å². The fraction of sp³-hybridized carbons (Fsp3) is 0.276. The van der Waals surface area contributed by atoms with Gasteiger partial charge in [-0.1, -0.05) is 18.0 Å². The highest BCUT2D eigenvalue weighted by Gasteiger charge is 2.33. The van der Waals surface area contributed by atoms with Gasteiger partial charge in [-0.05, 0) is 60.9 Å². The second kappa shape index (κ2) is 11.6. The van der Waals surface area contributed by atoms with Gasteiger partial charge in [-0.3, -0.25) is 4.79 Å². The van der Waals surface area contributed by atoms with Crippen molar-refractivity contribution in [1.29, 1.82) is 0 Å².